The highest BCUT2D eigenvalue weighted by Crippen LogP contribution is 2.42. The lowest BCUT2D eigenvalue weighted by atomic mass is 9.93. The van der Waals surface area contributed by atoms with Gasteiger partial charge in [-0.1, -0.05) is 115 Å². The van der Waals surface area contributed by atoms with Gasteiger partial charge in [-0.3, -0.25) is 0 Å². The second-order valence-electron chi connectivity index (χ2n) is 10.2. The monoisotopic (exact) mass is 500 g/mol. The molecule has 8 aromatic rings. The summed E-state index contributed by atoms with van der Waals surface area (Å²) in [6.07, 6.45) is 0. The molecule has 0 fully saturated rings. The molecular formula is C37H24O2. The molecule has 39 heavy (non-hydrogen) atoms. The van der Waals surface area contributed by atoms with E-state index in [1.54, 1.807) is 0 Å². The minimum absolute atomic E-state index is 0.904. The van der Waals surface area contributed by atoms with Gasteiger partial charge in [0, 0.05) is 32.7 Å². The van der Waals surface area contributed by atoms with Crippen LogP contribution in [0.1, 0.15) is 5.56 Å². The molecular weight excluding hydrogens is 476 g/mol. The number of rotatable bonds is 3. The molecule has 2 heteroatoms. The summed E-state index contributed by atoms with van der Waals surface area (Å²) in [5.74, 6) is 0. The van der Waals surface area contributed by atoms with Crippen LogP contribution in [-0.4, -0.2) is 0 Å². The maximum Gasteiger partial charge on any atom is 0.143 e. The van der Waals surface area contributed by atoms with Crippen molar-refractivity contribution >= 4 is 43.9 Å². The van der Waals surface area contributed by atoms with E-state index in [9.17, 15) is 0 Å². The summed E-state index contributed by atoms with van der Waals surface area (Å²) in [7, 11) is 0. The Labute approximate surface area is 225 Å². The number of aryl methyl sites for hydroxylation is 1. The fourth-order valence-corrected chi connectivity index (χ4v) is 5.83. The highest BCUT2D eigenvalue weighted by atomic mass is 16.3. The van der Waals surface area contributed by atoms with E-state index in [1.807, 2.05) is 18.2 Å². The number of hydrogen-bond acceptors (Lipinski definition) is 2. The predicted octanol–water partition coefficient (Wildman–Crippen LogP) is 10.8. The molecule has 0 atom stereocenters. The Balaban J connectivity index is 1.29. The second-order valence-corrected chi connectivity index (χ2v) is 10.2. The van der Waals surface area contributed by atoms with Crippen LogP contribution in [0.3, 0.4) is 0 Å². The van der Waals surface area contributed by atoms with Gasteiger partial charge in [-0.25, -0.2) is 0 Å². The third kappa shape index (κ3) is 3.42. The van der Waals surface area contributed by atoms with Crippen molar-refractivity contribution in [3.05, 3.63) is 133 Å². The summed E-state index contributed by atoms with van der Waals surface area (Å²) in [6, 6.07) is 44.8. The first kappa shape index (κ1) is 22.0. The van der Waals surface area contributed by atoms with E-state index in [0.29, 0.717) is 0 Å². The molecule has 8 rings (SSSR count). The van der Waals surface area contributed by atoms with Crippen molar-refractivity contribution in [1.29, 1.82) is 0 Å². The lowest BCUT2D eigenvalue weighted by Gasteiger charge is -2.10. The lowest BCUT2D eigenvalue weighted by molar-refractivity contribution is 0.669. The van der Waals surface area contributed by atoms with Crippen molar-refractivity contribution in [3.8, 4) is 33.4 Å². The summed E-state index contributed by atoms with van der Waals surface area (Å²) in [5.41, 5.74) is 11.7. The Kier molecular flexibility index (Phi) is 4.77. The first-order chi connectivity index (χ1) is 19.2. The normalized spacial score (nSPS) is 11.7. The molecule has 0 spiro atoms. The van der Waals surface area contributed by atoms with Gasteiger partial charge in [0.25, 0.3) is 0 Å². The maximum atomic E-state index is 6.49. The molecule has 0 aliphatic rings. The Morgan fingerprint density at radius 2 is 0.897 bits per heavy atom. The lowest BCUT2D eigenvalue weighted by Crippen LogP contribution is -1.85. The van der Waals surface area contributed by atoms with Gasteiger partial charge in [-0.05, 0) is 47.4 Å². The third-order valence-electron chi connectivity index (χ3n) is 7.80. The van der Waals surface area contributed by atoms with E-state index >= 15 is 0 Å². The standard InChI is InChI=1S/C37H24O2/c1-23-13-15-25(16-14-23)29-22-21-27(35-32-8-3-5-12-34(32)39-37(29)35)24-17-19-26(20-18-24)28-9-6-10-31-30-7-2-4-11-33(30)38-36(28)31/h2-22H,1H3. The number of hydrogen-bond donors (Lipinski definition) is 0. The molecule has 184 valence electrons. The summed E-state index contributed by atoms with van der Waals surface area (Å²) in [6.45, 7) is 2.11. The van der Waals surface area contributed by atoms with Gasteiger partial charge in [0.2, 0.25) is 0 Å². The molecule has 0 amide bonds. The molecule has 0 saturated heterocycles. The van der Waals surface area contributed by atoms with Crippen LogP contribution in [-0.2, 0) is 0 Å². The van der Waals surface area contributed by atoms with Crippen LogP contribution in [0.15, 0.2) is 136 Å². The molecule has 6 aromatic carbocycles. The van der Waals surface area contributed by atoms with Gasteiger partial charge in [0.1, 0.15) is 22.3 Å². The molecule has 0 aliphatic carbocycles. The van der Waals surface area contributed by atoms with Crippen molar-refractivity contribution in [3.63, 3.8) is 0 Å². The van der Waals surface area contributed by atoms with E-state index in [-0.39, 0.29) is 0 Å². The van der Waals surface area contributed by atoms with Crippen LogP contribution in [0.2, 0.25) is 0 Å². The largest absolute Gasteiger partial charge is 0.455 e. The Bertz CT molecular complexity index is 2160. The zero-order valence-electron chi connectivity index (χ0n) is 21.4. The fourth-order valence-electron chi connectivity index (χ4n) is 5.83. The first-order valence-electron chi connectivity index (χ1n) is 13.3. The second kappa shape index (κ2) is 8.47. The Hall–Kier alpha value is -5.08. The van der Waals surface area contributed by atoms with Crippen LogP contribution >= 0.6 is 0 Å². The van der Waals surface area contributed by atoms with Crippen molar-refractivity contribution in [1.82, 2.24) is 0 Å². The van der Waals surface area contributed by atoms with Crippen LogP contribution in [0.4, 0.5) is 0 Å². The molecule has 0 bridgehead atoms. The van der Waals surface area contributed by atoms with Crippen molar-refractivity contribution < 1.29 is 8.83 Å². The van der Waals surface area contributed by atoms with Gasteiger partial charge in [0.05, 0.1) is 0 Å². The van der Waals surface area contributed by atoms with Crippen molar-refractivity contribution in [2.75, 3.05) is 0 Å². The minimum atomic E-state index is 0.904. The number of furan rings is 2. The average Bonchev–Trinajstić information content (AvgIpc) is 3.56. The zero-order chi connectivity index (χ0) is 25.9. The third-order valence-corrected chi connectivity index (χ3v) is 7.80. The molecule has 0 unspecified atom stereocenters. The van der Waals surface area contributed by atoms with Gasteiger partial charge < -0.3 is 8.83 Å². The van der Waals surface area contributed by atoms with Crippen molar-refractivity contribution in [2.45, 2.75) is 6.92 Å². The minimum Gasteiger partial charge on any atom is -0.455 e. The van der Waals surface area contributed by atoms with Crippen LogP contribution in [0.25, 0.3) is 77.3 Å². The molecule has 0 saturated carbocycles. The zero-order valence-corrected chi connectivity index (χ0v) is 21.4. The van der Waals surface area contributed by atoms with E-state index in [2.05, 4.69) is 116 Å². The van der Waals surface area contributed by atoms with Crippen LogP contribution < -0.4 is 0 Å². The summed E-state index contributed by atoms with van der Waals surface area (Å²) in [5, 5.41) is 4.57. The highest BCUT2D eigenvalue weighted by Gasteiger charge is 2.18. The predicted molar refractivity (Wildman–Crippen MR) is 162 cm³/mol. The Morgan fingerprint density at radius 1 is 0.385 bits per heavy atom. The summed E-state index contributed by atoms with van der Waals surface area (Å²) < 4.78 is 12.8. The van der Waals surface area contributed by atoms with Crippen LogP contribution in [0, 0.1) is 6.92 Å². The van der Waals surface area contributed by atoms with E-state index in [1.165, 1.54) is 11.1 Å². The molecule has 0 aliphatic heterocycles. The summed E-state index contributed by atoms with van der Waals surface area (Å²) in [4.78, 5) is 0. The molecule has 2 nitrogen and oxygen atoms in total. The SMILES string of the molecule is Cc1ccc(-c2ccc(-c3ccc(-c4cccc5c4oc4ccccc45)cc3)c3c2oc2ccccc23)cc1. The number of para-hydroxylation sites is 3. The average molecular weight is 501 g/mol. The quantitative estimate of drug-likeness (QED) is 0.241. The molecule has 2 heterocycles. The van der Waals surface area contributed by atoms with Gasteiger partial charge in [0.15, 0.2) is 0 Å². The molecule has 2 aromatic heterocycles. The fraction of sp³-hybridized carbons (Fsp3) is 0.0270. The van der Waals surface area contributed by atoms with E-state index < -0.39 is 0 Å². The topological polar surface area (TPSA) is 26.3 Å². The molecule has 0 radical (unpaired) electrons. The highest BCUT2D eigenvalue weighted by molar-refractivity contribution is 6.16. The van der Waals surface area contributed by atoms with Gasteiger partial charge >= 0.3 is 0 Å². The van der Waals surface area contributed by atoms with Gasteiger partial charge in [-0.15, -0.1) is 0 Å². The smallest absolute Gasteiger partial charge is 0.143 e. The van der Waals surface area contributed by atoms with E-state index in [0.717, 1.165) is 71.7 Å². The summed E-state index contributed by atoms with van der Waals surface area (Å²) >= 11 is 0. The van der Waals surface area contributed by atoms with E-state index in [4.69, 9.17) is 8.83 Å². The first-order valence-corrected chi connectivity index (χ1v) is 13.3. The number of fused-ring (bicyclic) bond motifs is 6. The number of benzene rings is 6. The van der Waals surface area contributed by atoms with Crippen molar-refractivity contribution in [2.24, 2.45) is 0 Å². The van der Waals surface area contributed by atoms with Gasteiger partial charge in [-0.2, -0.15) is 0 Å². The maximum absolute atomic E-state index is 6.49. The Morgan fingerprint density at radius 3 is 1.64 bits per heavy atom. The van der Waals surface area contributed by atoms with Crippen LogP contribution in [0.5, 0.6) is 0 Å². The molecule has 0 N–H and O–H groups in total.